The van der Waals surface area contributed by atoms with Gasteiger partial charge in [-0.1, -0.05) is 245 Å². The van der Waals surface area contributed by atoms with Gasteiger partial charge in [0, 0.05) is 6.42 Å². The van der Waals surface area contributed by atoms with Crippen molar-refractivity contribution in [3.8, 4) is 0 Å². The minimum Gasteiger partial charge on any atom is -0.391 e. The van der Waals surface area contributed by atoms with Gasteiger partial charge in [0.25, 0.3) is 0 Å². The van der Waals surface area contributed by atoms with E-state index in [0.717, 1.165) is 44.9 Å². The highest BCUT2D eigenvalue weighted by atomic mass is 31.2. The molecule has 0 heterocycles. The van der Waals surface area contributed by atoms with E-state index >= 15 is 0 Å². The lowest BCUT2D eigenvalue weighted by atomic mass is 10.0. The molecule has 0 aliphatic carbocycles. The van der Waals surface area contributed by atoms with E-state index in [0.29, 0.717) is 23.9 Å². The van der Waals surface area contributed by atoms with E-state index in [-0.39, 0.29) is 19.1 Å². The van der Waals surface area contributed by atoms with E-state index in [1.807, 2.05) is 21.1 Å². The predicted molar refractivity (Wildman–Crippen MR) is 254 cm³/mol. The van der Waals surface area contributed by atoms with Crippen LogP contribution in [0.4, 0.5) is 0 Å². The van der Waals surface area contributed by atoms with Gasteiger partial charge in [-0.05, 0) is 12.8 Å². The van der Waals surface area contributed by atoms with Crippen molar-refractivity contribution in [2.75, 3.05) is 40.9 Å². The van der Waals surface area contributed by atoms with Crippen LogP contribution in [0.1, 0.15) is 264 Å². The zero-order valence-corrected chi connectivity index (χ0v) is 41.2. The van der Waals surface area contributed by atoms with Crippen LogP contribution in [-0.4, -0.2) is 73.4 Å². The number of rotatable bonds is 48. The minimum atomic E-state index is -4.29. The van der Waals surface area contributed by atoms with E-state index in [4.69, 9.17) is 9.05 Å². The van der Waals surface area contributed by atoms with Gasteiger partial charge in [0.05, 0.1) is 39.9 Å². The highest BCUT2D eigenvalue weighted by Gasteiger charge is 2.28. The van der Waals surface area contributed by atoms with Gasteiger partial charge < -0.3 is 19.8 Å². The number of aliphatic hydroxyl groups excluding tert-OH is 1. The molecule has 0 saturated heterocycles. The fraction of sp³-hybridized carbons (Fsp3) is 0.980. The summed E-state index contributed by atoms with van der Waals surface area (Å²) in [6.07, 6.45) is 49.6. The Labute approximate surface area is 368 Å². The number of carbonyl (C=O) groups is 1. The molecule has 1 amide bonds. The number of hydrogen-bond acceptors (Lipinski definition) is 5. The van der Waals surface area contributed by atoms with Crippen molar-refractivity contribution < 1.29 is 32.9 Å². The predicted octanol–water partition coefficient (Wildman–Crippen LogP) is 14.9. The fourth-order valence-corrected chi connectivity index (χ4v) is 8.73. The number of hydrogen-bond donors (Lipinski definition) is 3. The molecule has 0 aromatic heterocycles. The molecule has 0 spiro atoms. The lowest BCUT2D eigenvalue weighted by Crippen LogP contribution is -2.46. The van der Waals surface area contributed by atoms with Gasteiger partial charge in [-0.25, -0.2) is 4.57 Å². The van der Waals surface area contributed by atoms with E-state index in [9.17, 15) is 19.4 Å². The maximum Gasteiger partial charge on any atom is 0.472 e. The molecule has 0 aromatic carbocycles. The summed E-state index contributed by atoms with van der Waals surface area (Å²) in [5.41, 5.74) is 0. The zero-order valence-electron chi connectivity index (χ0n) is 40.3. The third-order valence-electron chi connectivity index (χ3n) is 12.1. The molecule has 3 atom stereocenters. The van der Waals surface area contributed by atoms with Crippen LogP contribution in [-0.2, 0) is 18.4 Å². The van der Waals surface area contributed by atoms with E-state index < -0.39 is 20.0 Å². The summed E-state index contributed by atoms with van der Waals surface area (Å²) in [5, 5.41) is 13.7. The normalized spacial score (nSPS) is 14.1. The van der Waals surface area contributed by atoms with Crippen LogP contribution in [0.3, 0.4) is 0 Å². The zero-order chi connectivity index (χ0) is 43.6. The summed E-state index contributed by atoms with van der Waals surface area (Å²) in [6, 6.07) is -0.750. The maximum absolute atomic E-state index is 12.8. The summed E-state index contributed by atoms with van der Waals surface area (Å²) >= 11 is 0. The highest BCUT2D eigenvalue weighted by Crippen LogP contribution is 2.43. The summed E-state index contributed by atoms with van der Waals surface area (Å²) < 4.78 is 23.4. The van der Waals surface area contributed by atoms with Crippen molar-refractivity contribution in [1.29, 1.82) is 0 Å². The molecule has 3 N–H and O–H groups in total. The first-order valence-corrected chi connectivity index (χ1v) is 27.4. The first kappa shape index (κ1) is 58.5. The first-order valence-electron chi connectivity index (χ1n) is 25.9. The first-order chi connectivity index (χ1) is 28.5. The molecule has 9 heteroatoms. The van der Waals surface area contributed by atoms with Crippen LogP contribution in [0.5, 0.6) is 0 Å². The van der Waals surface area contributed by atoms with Crippen LogP contribution in [0.15, 0.2) is 0 Å². The second kappa shape index (κ2) is 42.8. The van der Waals surface area contributed by atoms with Gasteiger partial charge in [0.2, 0.25) is 5.91 Å². The van der Waals surface area contributed by atoms with E-state index in [1.54, 1.807) is 0 Å². The number of quaternary nitrogens is 1. The summed E-state index contributed by atoms with van der Waals surface area (Å²) in [4.78, 5) is 22.9. The molecule has 3 unspecified atom stereocenters. The monoisotopic (exact) mass is 860 g/mol. The van der Waals surface area contributed by atoms with Gasteiger partial charge in [-0.15, -0.1) is 0 Å². The number of nitrogens with one attached hydrogen (secondary N) is 1. The molecule has 8 nitrogen and oxygen atoms in total. The molecule has 0 radical (unpaired) electrons. The Morgan fingerprint density at radius 2 is 0.814 bits per heavy atom. The number of phosphoric ester groups is 1. The number of aliphatic hydroxyl groups is 1. The SMILES string of the molecule is CCCCCCCCCCCCCCCCCCCCCCCCCCCCCCCCCCCC(=O)NC(COP(=O)(O)OCC[N+](C)(C)C)C(O)CCCCCC. The summed E-state index contributed by atoms with van der Waals surface area (Å²) in [7, 11) is 1.62. The molecule has 59 heavy (non-hydrogen) atoms. The van der Waals surface area contributed by atoms with Crippen molar-refractivity contribution in [1.82, 2.24) is 5.32 Å². The largest absolute Gasteiger partial charge is 0.472 e. The lowest BCUT2D eigenvalue weighted by molar-refractivity contribution is -0.870. The van der Waals surface area contributed by atoms with Crippen LogP contribution >= 0.6 is 7.82 Å². The van der Waals surface area contributed by atoms with Crippen molar-refractivity contribution in [2.24, 2.45) is 0 Å². The highest BCUT2D eigenvalue weighted by molar-refractivity contribution is 7.47. The van der Waals surface area contributed by atoms with Crippen LogP contribution in [0.2, 0.25) is 0 Å². The smallest absolute Gasteiger partial charge is 0.391 e. The van der Waals surface area contributed by atoms with Gasteiger partial charge in [-0.3, -0.25) is 13.8 Å². The molecular weight excluding hydrogens is 756 g/mol. The topological polar surface area (TPSA) is 105 Å². The van der Waals surface area contributed by atoms with Gasteiger partial charge in [0.1, 0.15) is 13.2 Å². The van der Waals surface area contributed by atoms with Gasteiger partial charge in [-0.2, -0.15) is 0 Å². The molecule has 0 aliphatic heterocycles. The fourth-order valence-electron chi connectivity index (χ4n) is 7.99. The van der Waals surface area contributed by atoms with Crippen LogP contribution in [0.25, 0.3) is 0 Å². The standard InChI is InChI=1S/C50H103N2O6P/c1-6-8-10-12-13-14-15-16-17-18-19-20-21-22-23-24-25-26-27-28-29-30-31-32-33-34-35-36-37-38-39-40-42-44-50(54)51-48(49(53)43-41-11-9-7-2)47-58-59(55,56)57-46-45-52(3,4)5/h48-49,53H,6-47H2,1-5H3,(H-,51,54,55,56)/p+1. The van der Waals surface area contributed by atoms with Crippen molar-refractivity contribution in [3.63, 3.8) is 0 Å². The Kier molecular flexibility index (Phi) is 42.4. The Bertz CT molecular complexity index is 932. The number of phosphoric acid groups is 1. The van der Waals surface area contributed by atoms with Crippen molar-refractivity contribution >= 4 is 13.7 Å². The Balaban J connectivity index is 3.67. The quantitative estimate of drug-likeness (QED) is 0.0320. The molecular formula is C50H104N2O6P+. The molecule has 0 fully saturated rings. The summed E-state index contributed by atoms with van der Waals surface area (Å²) in [5.74, 6) is -0.148. The average Bonchev–Trinajstić information content (AvgIpc) is 3.19. The minimum absolute atomic E-state index is 0.0770. The number of amides is 1. The third-order valence-corrected chi connectivity index (χ3v) is 13.1. The molecule has 354 valence electrons. The van der Waals surface area contributed by atoms with E-state index in [2.05, 4.69) is 19.2 Å². The van der Waals surface area contributed by atoms with Crippen molar-refractivity contribution in [2.45, 2.75) is 276 Å². The number of unbranched alkanes of at least 4 members (excludes halogenated alkanes) is 35. The number of nitrogens with zero attached hydrogens (tertiary/aromatic N) is 1. The van der Waals surface area contributed by atoms with Crippen LogP contribution < -0.4 is 5.32 Å². The molecule has 0 aliphatic rings. The lowest BCUT2D eigenvalue weighted by Gasteiger charge is -2.26. The second-order valence-electron chi connectivity index (χ2n) is 19.3. The Morgan fingerprint density at radius 3 is 1.14 bits per heavy atom. The van der Waals surface area contributed by atoms with Gasteiger partial charge >= 0.3 is 7.82 Å². The molecule has 0 bridgehead atoms. The Hall–Kier alpha value is -0.500. The van der Waals surface area contributed by atoms with Crippen molar-refractivity contribution in [3.05, 3.63) is 0 Å². The molecule has 0 rings (SSSR count). The second-order valence-corrected chi connectivity index (χ2v) is 20.7. The summed E-state index contributed by atoms with van der Waals surface area (Å²) in [6.45, 7) is 4.80. The number of likely N-dealkylation sites (N-methyl/N-ethyl adjacent to an activating group) is 1. The van der Waals surface area contributed by atoms with Crippen LogP contribution in [0, 0.1) is 0 Å². The molecule has 0 saturated carbocycles. The number of carbonyl (C=O) groups excluding carboxylic acids is 1. The van der Waals surface area contributed by atoms with Gasteiger partial charge in [0.15, 0.2) is 0 Å². The van der Waals surface area contributed by atoms with E-state index in [1.165, 1.54) is 193 Å². The average molecular weight is 860 g/mol. The maximum atomic E-state index is 12.8. The Morgan fingerprint density at radius 1 is 0.508 bits per heavy atom. The molecule has 0 aromatic rings. The third kappa shape index (κ3) is 45.3.